The number of thioether (sulfide) groups is 1. The van der Waals surface area contributed by atoms with Crippen LogP contribution in [-0.2, 0) is 14.4 Å². The first-order valence-corrected chi connectivity index (χ1v) is 8.88. The number of rotatable bonds is 3. The average Bonchev–Trinajstić information content (AvgIpc) is 2.83. The third kappa shape index (κ3) is 3.40. The van der Waals surface area contributed by atoms with Crippen LogP contribution in [0.2, 0.25) is 0 Å². The lowest BCUT2D eigenvalue weighted by Crippen LogP contribution is -3.18. The number of hydrogen-bond acceptors (Lipinski definition) is 4. The molecule has 6 nitrogen and oxygen atoms in total. The summed E-state index contributed by atoms with van der Waals surface area (Å²) < 4.78 is 0. The van der Waals surface area contributed by atoms with Gasteiger partial charge in [0.25, 0.3) is 5.91 Å². The SMILES string of the molecule is CC(=O)Nc1ccc(N2C(=O)C[C@H]([NH+]3CCSCC3)C2=O)cc1. The number of anilines is 2. The summed E-state index contributed by atoms with van der Waals surface area (Å²) in [6.45, 7) is 3.30. The molecule has 1 atom stereocenters. The Bertz CT molecular complexity index is 626. The standard InChI is InChI=1S/C16H19N3O3S/c1-11(20)17-12-2-4-13(5-3-12)19-15(21)10-14(16(19)22)18-6-8-23-9-7-18/h2-5,14H,6-10H2,1H3,(H,17,20)/p+1/t14-/m0/s1. The van der Waals surface area contributed by atoms with Gasteiger partial charge in [-0.15, -0.1) is 0 Å². The third-order valence-electron chi connectivity index (χ3n) is 4.22. The molecule has 3 amide bonds. The maximum atomic E-state index is 12.7. The van der Waals surface area contributed by atoms with Crippen LogP contribution >= 0.6 is 11.8 Å². The highest BCUT2D eigenvalue weighted by Crippen LogP contribution is 2.24. The van der Waals surface area contributed by atoms with Crippen molar-refractivity contribution in [2.75, 3.05) is 34.8 Å². The van der Waals surface area contributed by atoms with E-state index in [2.05, 4.69) is 5.32 Å². The third-order valence-corrected chi connectivity index (χ3v) is 5.21. The maximum absolute atomic E-state index is 12.7. The molecular formula is C16H20N3O3S+. The van der Waals surface area contributed by atoms with Gasteiger partial charge in [-0.2, -0.15) is 11.8 Å². The summed E-state index contributed by atoms with van der Waals surface area (Å²) in [4.78, 5) is 38.6. The molecule has 0 bridgehead atoms. The second-order valence-corrected chi connectivity index (χ2v) is 7.05. The van der Waals surface area contributed by atoms with Crippen molar-refractivity contribution in [1.29, 1.82) is 0 Å². The van der Waals surface area contributed by atoms with Gasteiger partial charge in [-0.25, -0.2) is 4.90 Å². The summed E-state index contributed by atoms with van der Waals surface area (Å²) in [6, 6.07) is 6.55. The molecule has 122 valence electrons. The Kier molecular flexibility index (Phi) is 4.68. The molecule has 0 radical (unpaired) electrons. The van der Waals surface area contributed by atoms with E-state index in [-0.39, 0.29) is 30.2 Å². The molecule has 2 heterocycles. The summed E-state index contributed by atoms with van der Waals surface area (Å²) in [7, 11) is 0. The van der Waals surface area contributed by atoms with Gasteiger partial charge >= 0.3 is 0 Å². The Labute approximate surface area is 139 Å². The van der Waals surface area contributed by atoms with Crippen LogP contribution in [-0.4, -0.2) is 48.4 Å². The second-order valence-electron chi connectivity index (χ2n) is 5.82. The Balaban J connectivity index is 1.75. The summed E-state index contributed by atoms with van der Waals surface area (Å²) >= 11 is 1.90. The van der Waals surface area contributed by atoms with E-state index in [0.29, 0.717) is 11.4 Å². The van der Waals surface area contributed by atoms with Crippen LogP contribution in [0.3, 0.4) is 0 Å². The summed E-state index contributed by atoms with van der Waals surface area (Å²) in [6.07, 6.45) is 0.284. The number of nitrogens with one attached hydrogen (secondary N) is 2. The topological polar surface area (TPSA) is 70.9 Å². The lowest BCUT2D eigenvalue weighted by molar-refractivity contribution is -0.911. The first-order chi connectivity index (χ1) is 11.1. The number of nitrogens with zero attached hydrogens (tertiary/aromatic N) is 1. The van der Waals surface area contributed by atoms with E-state index in [1.807, 2.05) is 11.8 Å². The van der Waals surface area contributed by atoms with Crippen molar-refractivity contribution < 1.29 is 19.3 Å². The lowest BCUT2D eigenvalue weighted by atomic mass is 10.2. The lowest BCUT2D eigenvalue weighted by Gasteiger charge is -2.27. The predicted molar refractivity (Wildman–Crippen MR) is 89.7 cm³/mol. The Morgan fingerprint density at radius 1 is 1.22 bits per heavy atom. The van der Waals surface area contributed by atoms with Crippen molar-refractivity contribution >= 4 is 40.9 Å². The largest absolute Gasteiger partial charge is 0.326 e. The molecule has 2 saturated heterocycles. The molecule has 2 aliphatic rings. The normalized spacial score (nSPS) is 22.5. The summed E-state index contributed by atoms with van der Waals surface area (Å²) in [5, 5.41) is 2.67. The first kappa shape index (κ1) is 16.0. The highest BCUT2D eigenvalue weighted by Gasteiger charge is 2.45. The van der Waals surface area contributed by atoms with Crippen LogP contribution < -0.4 is 15.1 Å². The van der Waals surface area contributed by atoms with Gasteiger partial charge in [-0.05, 0) is 24.3 Å². The van der Waals surface area contributed by atoms with Crippen molar-refractivity contribution in [2.24, 2.45) is 0 Å². The van der Waals surface area contributed by atoms with Crippen LogP contribution in [0, 0.1) is 0 Å². The van der Waals surface area contributed by atoms with Crippen LogP contribution in [0.4, 0.5) is 11.4 Å². The first-order valence-electron chi connectivity index (χ1n) is 7.73. The Hall–Kier alpha value is -1.86. The van der Waals surface area contributed by atoms with Gasteiger partial charge in [0.05, 0.1) is 25.2 Å². The number of carbonyl (C=O) groups excluding carboxylic acids is 3. The van der Waals surface area contributed by atoms with E-state index in [9.17, 15) is 14.4 Å². The minimum absolute atomic E-state index is 0.107. The van der Waals surface area contributed by atoms with Crippen molar-refractivity contribution in [3.63, 3.8) is 0 Å². The number of carbonyl (C=O) groups is 3. The van der Waals surface area contributed by atoms with Gasteiger partial charge in [0, 0.05) is 24.1 Å². The van der Waals surface area contributed by atoms with E-state index in [4.69, 9.17) is 0 Å². The minimum Gasteiger partial charge on any atom is -0.326 e. The Morgan fingerprint density at radius 3 is 2.48 bits per heavy atom. The molecule has 0 spiro atoms. The van der Waals surface area contributed by atoms with Gasteiger partial charge in [0.1, 0.15) is 0 Å². The summed E-state index contributed by atoms with van der Waals surface area (Å²) in [5.41, 5.74) is 1.22. The molecule has 7 heteroatoms. The van der Waals surface area contributed by atoms with Crippen molar-refractivity contribution in [3.8, 4) is 0 Å². The number of imide groups is 1. The quantitative estimate of drug-likeness (QED) is 0.758. The average molecular weight is 334 g/mol. The van der Waals surface area contributed by atoms with Gasteiger partial charge in [-0.1, -0.05) is 0 Å². The second kappa shape index (κ2) is 6.72. The number of quaternary nitrogens is 1. The molecule has 2 N–H and O–H groups in total. The molecule has 2 fully saturated rings. The number of amides is 3. The molecule has 1 aromatic rings. The zero-order valence-electron chi connectivity index (χ0n) is 13.0. The zero-order valence-corrected chi connectivity index (χ0v) is 13.8. The monoisotopic (exact) mass is 334 g/mol. The van der Waals surface area contributed by atoms with Crippen molar-refractivity contribution in [1.82, 2.24) is 0 Å². The molecule has 0 saturated carbocycles. The van der Waals surface area contributed by atoms with Gasteiger partial charge in [0.15, 0.2) is 6.04 Å². The minimum atomic E-state index is -0.251. The van der Waals surface area contributed by atoms with Crippen LogP contribution in [0.15, 0.2) is 24.3 Å². The Morgan fingerprint density at radius 2 is 1.87 bits per heavy atom. The molecule has 23 heavy (non-hydrogen) atoms. The van der Waals surface area contributed by atoms with Crippen molar-refractivity contribution in [3.05, 3.63) is 24.3 Å². The van der Waals surface area contributed by atoms with E-state index < -0.39 is 0 Å². The van der Waals surface area contributed by atoms with Crippen molar-refractivity contribution in [2.45, 2.75) is 19.4 Å². The molecule has 1 aromatic carbocycles. The molecule has 2 aliphatic heterocycles. The number of hydrogen-bond donors (Lipinski definition) is 2. The fourth-order valence-electron chi connectivity index (χ4n) is 3.10. The van der Waals surface area contributed by atoms with Gasteiger partial charge in [0.2, 0.25) is 11.8 Å². The van der Waals surface area contributed by atoms with E-state index in [1.54, 1.807) is 24.3 Å². The predicted octanol–water partition coefficient (Wildman–Crippen LogP) is -0.0914. The summed E-state index contributed by atoms with van der Waals surface area (Å²) in [5.74, 6) is 1.68. The van der Waals surface area contributed by atoms with E-state index >= 15 is 0 Å². The molecule has 0 unspecified atom stereocenters. The molecular weight excluding hydrogens is 314 g/mol. The zero-order chi connectivity index (χ0) is 16.4. The molecule has 0 aromatic heterocycles. The maximum Gasteiger partial charge on any atom is 0.292 e. The van der Waals surface area contributed by atoms with Crippen LogP contribution in [0.1, 0.15) is 13.3 Å². The number of benzene rings is 1. The van der Waals surface area contributed by atoms with Gasteiger partial charge in [-0.3, -0.25) is 14.4 Å². The van der Waals surface area contributed by atoms with E-state index in [0.717, 1.165) is 24.6 Å². The highest BCUT2D eigenvalue weighted by molar-refractivity contribution is 7.99. The van der Waals surface area contributed by atoms with Crippen LogP contribution in [0.5, 0.6) is 0 Å². The molecule has 3 rings (SSSR count). The van der Waals surface area contributed by atoms with E-state index in [1.165, 1.54) is 16.7 Å². The smallest absolute Gasteiger partial charge is 0.292 e. The van der Waals surface area contributed by atoms with Crippen LogP contribution in [0.25, 0.3) is 0 Å². The fraction of sp³-hybridized carbons (Fsp3) is 0.438. The molecule has 0 aliphatic carbocycles. The highest BCUT2D eigenvalue weighted by atomic mass is 32.2. The fourth-order valence-corrected chi connectivity index (χ4v) is 4.12. The van der Waals surface area contributed by atoms with Gasteiger partial charge < -0.3 is 10.2 Å².